The van der Waals surface area contributed by atoms with Gasteiger partial charge < -0.3 is 14.8 Å². The molecular formula is C21H22N2O3S. The molecule has 6 heteroatoms. The van der Waals surface area contributed by atoms with E-state index in [9.17, 15) is 4.79 Å². The van der Waals surface area contributed by atoms with Crippen LogP contribution in [0.4, 0.5) is 0 Å². The van der Waals surface area contributed by atoms with Crippen LogP contribution in [0.1, 0.15) is 23.1 Å². The van der Waals surface area contributed by atoms with Gasteiger partial charge in [-0.25, -0.2) is 0 Å². The predicted molar refractivity (Wildman–Crippen MR) is 110 cm³/mol. The Morgan fingerprint density at radius 1 is 1.00 bits per heavy atom. The molecule has 2 aromatic carbocycles. The van der Waals surface area contributed by atoms with Gasteiger partial charge in [-0.2, -0.15) is 0 Å². The summed E-state index contributed by atoms with van der Waals surface area (Å²) in [6, 6.07) is 13.7. The number of carbonyl (C=O) groups is 1. The van der Waals surface area contributed by atoms with Crippen molar-refractivity contribution >= 4 is 29.3 Å². The van der Waals surface area contributed by atoms with Gasteiger partial charge in [-0.05, 0) is 61.5 Å². The number of amides is 1. The van der Waals surface area contributed by atoms with Crippen LogP contribution in [-0.2, 0) is 4.79 Å². The summed E-state index contributed by atoms with van der Waals surface area (Å²) in [4.78, 5) is 11.8. The Labute approximate surface area is 164 Å². The molecule has 3 rings (SSSR count). The molecule has 1 aliphatic rings. The zero-order valence-corrected chi connectivity index (χ0v) is 16.2. The van der Waals surface area contributed by atoms with E-state index in [2.05, 4.69) is 30.5 Å². The second-order valence-corrected chi connectivity index (χ2v) is 6.79. The number of hydrogen-bond donors (Lipinski definition) is 2. The molecule has 1 heterocycles. The number of carbonyl (C=O) groups excluding carboxylic acids is 1. The van der Waals surface area contributed by atoms with Crippen molar-refractivity contribution in [3.05, 3.63) is 64.9 Å². The van der Waals surface area contributed by atoms with Gasteiger partial charge in [-0.1, -0.05) is 24.3 Å². The summed E-state index contributed by atoms with van der Waals surface area (Å²) in [5.74, 6) is 1.35. The molecule has 0 unspecified atom stereocenters. The Balaban J connectivity index is 1.53. The van der Waals surface area contributed by atoms with Crippen LogP contribution >= 0.6 is 12.2 Å². The van der Waals surface area contributed by atoms with E-state index >= 15 is 0 Å². The highest BCUT2D eigenvalue weighted by Gasteiger charge is 2.20. The van der Waals surface area contributed by atoms with Crippen LogP contribution in [0, 0.1) is 13.8 Å². The summed E-state index contributed by atoms with van der Waals surface area (Å²) in [5, 5.41) is 5.70. The molecule has 0 atom stereocenters. The fourth-order valence-corrected chi connectivity index (χ4v) is 3.02. The molecule has 1 amide bonds. The molecule has 0 spiro atoms. The van der Waals surface area contributed by atoms with Gasteiger partial charge in [0.25, 0.3) is 5.91 Å². The SMILES string of the molecule is Cc1cc(C)cc(OCCCOc2ccccc2C=C2NC(=S)NC2=O)c1. The molecular weight excluding hydrogens is 360 g/mol. The smallest absolute Gasteiger partial charge is 0.273 e. The number of hydrogen-bond acceptors (Lipinski definition) is 4. The zero-order chi connectivity index (χ0) is 19.2. The van der Waals surface area contributed by atoms with E-state index in [-0.39, 0.29) is 5.91 Å². The number of nitrogens with one attached hydrogen (secondary N) is 2. The Bertz CT molecular complexity index is 872. The lowest BCUT2D eigenvalue weighted by atomic mass is 10.1. The summed E-state index contributed by atoms with van der Waals surface area (Å²) >= 11 is 4.95. The summed E-state index contributed by atoms with van der Waals surface area (Å²) in [6.07, 6.45) is 2.48. The van der Waals surface area contributed by atoms with Gasteiger partial charge in [0.15, 0.2) is 5.11 Å². The molecule has 0 bridgehead atoms. The summed E-state index contributed by atoms with van der Waals surface area (Å²) < 4.78 is 11.7. The van der Waals surface area contributed by atoms with Crippen molar-refractivity contribution in [2.45, 2.75) is 20.3 Å². The Morgan fingerprint density at radius 2 is 1.70 bits per heavy atom. The van der Waals surface area contributed by atoms with Crippen LogP contribution < -0.4 is 20.1 Å². The van der Waals surface area contributed by atoms with Crippen LogP contribution in [0.2, 0.25) is 0 Å². The first-order valence-electron chi connectivity index (χ1n) is 8.78. The first-order valence-corrected chi connectivity index (χ1v) is 9.19. The Morgan fingerprint density at radius 3 is 2.41 bits per heavy atom. The van der Waals surface area contributed by atoms with Crippen molar-refractivity contribution in [3.63, 3.8) is 0 Å². The fourth-order valence-electron chi connectivity index (χ4n) is 2.82. The molecule has 5 nitrogen and oxygen atoms in total. The highest BCUT2D eigenvalue weighted by Crippen LogP contribution is 2.22. The van der Waals surface area contributed by atoms with Crippen LogP contribution in [0.3, 0.4) is 0 Å². The fraction of sp³-hybridized carbons (Fsp3) is 0.238. The molecule has 1 aliphatic heterocycles. The minimum Gasteiger partial charge on any atom is -0.493 e. The summed E-state index contributed by atoms with van der Waals surface area (Å²) in [7, 11) is 0. The lowest BCUT2D eigenvalue weighted by molar-refractivity contribution is -0.115. The highest BCUT2D eigenvalue weighted by molar-refractivity contribution is 7.80. The molecule has 1 saturated heterocycles. The number of ether oxygens (including phenoxy) is 2. The third kappa shape index (κ3) is 5.31. The number of para-hydroxylation sites is 1. The van der Waals surface area contributed by atoms with Crippen LogP contribution in [0.15, 0.2) is 48.2 Å². The van der Waals surface area contributed by atoms with Crippen LogP contribution in [0.5, 0.6) is 11.5 Å². The molecule has 0 aromatic heterocycles. The molecule has 27 heavy (non-hydrogen) atoms. The number of benzene rings is 2. The van der Waals surface area contributed by atoms with Crippen molar-refractivity contribution in [3.8, 4) is 11.5 Å². The molecule has 2 N–H and O–H groups in total. The third-order valence-electron chi connectivity index (χ3n) is 3.95. The average molecular weight is 382 g/mol. The number of thiocarbonyl (C=S) groups is 1. The van der Waals surface area contributed by atoms with E-state index in [4.69, 9.17) is 21.7 Å². The predicted octanol–water partition coefficient (Wildman–Crippen LogP) is 3.50. The summed E-state index contributed by atoms with van der Waals surface area (Å²) in [6.45, 7) is 5.20. The average Bonchev–Trinajstić information content (AvgIpc) is 2.92. The van der Waals surface area contributed by atoms with Gasteiger partial charge in [0, 0.05) is 12.0 Å². The quantitative estimate of drug-likeness (QED) is 0.436. The molecule has 0 radical (unpaired) electrons. The minimum atomic E-state index is -0.239. The maximum Gasteiger partial charge on any atom is 0.273 e. The monoisotopic (exact) mass is 382 g/mol. The van der Waals surface area contributed by atoms with Gasteiger partial charge in [0.05, 0.1) is 13.2 Å². The maximum atomic E-state index is 11.8. The Hall–Kier alpha value is -2.86. The summed E-state index contributed by atoms with van der Waals surface area (Å²) in [5.41, 5.74) is 3.60. The second-order valence-electron chi connectivity index (χ2n) is 6.38. The first-order chi connectivity index (χ1) is 13.0. The van der Waals surface area contributed by atoms with Gasteiger partial charge in [0.2, 0.25) is 0 Å². The molecule has 0 saturated carbocycles. The highest BCUT2D eigenvalue weighted by atomic mass is 32.1. The van der Waals surface area contributed by atoms with Crippen LogP contribution in [-0.4, -0.2) is 24.2 Å². The van der Waals surface area contributed by atoms with E-state index in [0.29, 0.717) is 29.8 Å². The van der Waals surface area contributed by atoms with Gasteiger partial charge in [-0.15, -0.1) is 0 Å². The number of rotatable bonds is 7. The van der Waals surface area contributed by atoms with E-state index < -0.39 is 0 Å². The van der Waals surface area contributed by atoms with Crippen molar-refractivity contribution < 1.29 is 14.3 Å². The van der Waals surface area contributed by atoms with Crippen molar-refractivity contribution in [1.29, 1.82) is 0 Å². The first kappa shape index (κ1) is 18.9. The largest absolute Gasteiger partial charge is 0.493 e. The van der Waals surface area contributed by atoms with Gasteiger partial charge in [-0.3, -0.25) is 10.1 Å². The topological polar surface area (TPSA) is 59.6 Å². The molecule has 1 fully saturated rings. The van der Waals surface area contributed by atoms with Gasteiger partial charge >= 0.3 is 0 Å². The lowest BCUT2D eigenvalue weighted by Crippen LogP contribution is -2.21. The van der Waals surface area contributed by atoms with Crippen molar-refractivity contribution in [2.75, 3.05) is 13.2 Å². The van der Waals surface area contributed by atoms with Crippen molar-refractivity contribution in [1.82, 2.24) is 10.6 Å². The lowest BCUT2D eigenvalue weighted by Gasteiger charge is -2.11. The second kappa shape index (κ2) is 8.68. The molecule has 0 aliphatic carbocycles. The minimum absolute atomic E-state index is 0.239. The maximum absolute atomic E-state index is 11.8. The third-order valence-corrected chi connectivity index (χ3v) is 4.15. The van der Waals surface area contributed by atoms with Crippen molar-refractivity contribution in [2.24, 2.45) is 0 Å². The van der Waals surface area contributed by atoms with E-state index in [1.165, 1.54) is 11.1 Å². The molecule has 140 valence electrons. The molecule has 2 aromatic rings. The van der Waals surface area contributed by atoms with E-state index in [1.54, 1.807) is 6.08 Å². The normalized spacial score (nSPS) is 14.8. The zero-order valence-electron chi connectivity index (χ0n) is 15.4. The standard InChI is InChI=1S/C21H22N2O3S/c1-14-10-15(2)12-17(11-14)25-8-5-9-26-19-7-4-3-6-16(19)13-18-20(24)23-21(27)22-18/h3-4,6-7,10-13H,5,8-9H2,1-2H3,(H2,22,23,24,27). The van der Waals surface area contributed by atoms with Gasteiger partial charge in [0.1, 0.15) is 17.2 Å². The van der Waals surface area contributed by atoms with E-state index in [1.807, 2.05) is 36.4 Å². The number of aryl methyl sites for hydroxylation is 2. The van der Waals surface area contributed by atoms with Crippen LogP contribution in [0.25, 0.3) is 6.08 Å². The Kier molecular flexibility index (Phi) is 6.08. The van der Waals surface area contributed by atoms with E-state index in [0.717, 1.165) is 17.7 Å².